The summed E-state index contributed by atoms with van der Waals surface area (Å²) in [5.74, 6) is -0.361. The highest BCUT2D eigenvalue weighted by molar-refractivity contribution is 7.90. The van der Waals surface area contributed by atoms with E-state index in [-0.39, 0.29) is 28.2 Å². The van der Waals surface area contributed by atoms with E-state index in [1.807, 2.05) is 6.92 Å². The standard InChI is InChI=1S/C22H20ClFN6O2S/c1-13-2-4-16(5-3-13)33(31,32)30-12-18(17-8-14(23)9-27-22(17)30)20-26-11-19(24)21(29-20)28-15-6-7-25-10-15/h2-5,8-9,11-12,15,25H,6-7,10H2,1H3,(H,26,28,29)/t15-/m0/s1. The van der Waals surface area contributed by atoms with Gasteiger partial charge in [-0.2, -0.15) is 0 Å². The first-order valence-electron chi connectivity index (χ1n) is 10.3. The summed E-state index contributed by atoms with van der Waals surface area (Å²) in [4.78, 5) is 12.9. The van der Waals surface area contributed by atoms with Gasteiger partial charge in [0.15, 0.2) is 23.1 Å². The molecule has 0 saturated carbocycles. The Hall–Kier alpha value is -3.08. The molecule has 1 atom stereocenters. The van der Waals surface area contributed by atoms with Crippen molar-refractivity contribution in [1.29, 1.82) is 0 Å². The molecule has 1 saturated heterocycles. The molecule has 0 unspecified atom stereocenters. The SMILES string of the molecule is Cc1ccc(S(=O)(=O)n2cc(-c3ncc(F)c(N[C@H]4CCNC4)n3)c3cc(Cl)cnc32)cc1. The number of rotatable bonds is 5. The number of aromatic nitrogens is 4. The maximum absolute atomic E-state index is 14.4. The van der Waals surface area contributed by atoms with Gasteiger partial charge in [-0.15, -0.1) is 0 Å². The van der Waals surface area contributed by atoms with Crippen LogP contribution in [-0.4, -0.2) is 46.5 Å². The quantitative estimate of drug-likeness (QED) is 0.444. The molecule has 1 aromatic carbocycles. The number of anilines is 1. The molecule has 4 heterocycles. The van der Waals surface area contributed by atoms with Gasteiger partial charge in [0.2, 0.25) is 0 Å². The van der Waals surface area contributed by atoms with E-state index in [1.165, 1.54) is 24.5 Å². The summed E-state index contributed by atoms with van der Waals surface area (Å²) in [6.45, 7) is 3.42. The van der Waals surface area contributed by atoms with E-state index in [0.717, 1.165) is 28.7 Å². The van der Waals surface area contributed by atoms with Gasteiger partial charge in [-0.25, -0.2) is 31.7 Å². The first kappa shape index (κ1) is 21.7. The largest absolute Gasteiger partial charge is 0.363 e. The summed E-state index contributed by atoms with van der Waals surface area (Å²) < 4.78 is 42.3. The first-order chi connectivity index (χ1) is 15.8. The molecule has 2 N–H and O–H groups in total. The smallest absolute Gasteiger partial charge is 0.269 e. The Balaban J connectivity index is 1.65. The second-order valence-corrected chi connectivity index (χ2v) is 10.2. The number of aryl methyl sites for hydroxylation is 1. The van der Waals surface area contributed by atoms with Crippen molar-refractivity contribution in [2.24, 2.45) is 0 Å². The average molecular weight is 487 g/mol. The molecule has 11 heteroatoms. The number of hydrogen-bond donors (Lipinski definition) is 2. The fraction of sp³-hybridized carbons (Fsp3) is 0.227. The van der Waals surface area contributed by atoms with Crippen molar-refractivity contribution in [3.63, 3.8) is 0 Å². The molecule has 1 aliphatic heterocycles. The van der Waals surface area contributed by atoms with Crippen LogP contribution in [0.1, 0.15) is 12.0 Å². The van der Waals surface area contributed by atoms with Crippen LogP contribution < -0.4 is 10.6 Å². The van der Waals surface area contributed by atoms with E-state index in [1.54, 1.807) is 18.2 Å². The summed E-state index contributed by atoms with van der Waals surface area (Å²) in [5.41, 5.74) is 1.50. The highest BCUT2D eigenvalue weighted by Crippen LogP contribution is 2.32. The predicted molar refractivity (Wildman–Crippen MR) is 124 cm³/mol. The van der Waals surface area contributed by atoms with Crippen molar-refractivity contribution < 1.29 is 12.8 Å². The van der Waals surface area contributed by atoms with Crippen LogP contribution in [0, 0.1) is 12.7 Å². The molecule has 1 aliphatic rings. The molecule has 33 heavy (non-hydrogen) atoms. The van der Waals surface area contributed by atoms with Crippen LogP contribution in [0.25, 0.3) is 22.4 Å². The second-order valence-electron chi connectivity index (χ2n) is 7.91. The molecule has 3 aromatic heterocycles. The molecule has 0 bridgehead atoms. The van der Waals surface area contributed by atoms with E-state index in [0.29, 0.717) is 22.5 Å². The number of fused-ring (bicyclic) bond motifs is 1. The van der Waals surface area contributed by atoms with Gasteiger partial charge >= 0.3 is 0 Å². The van der Waals surface area contributed by atoms with Crippen LogP contribution in [0.3, 0.4) is 0 Å². The van der Waals surface area contributed by atoms with Crippen LogP contribution in [-0.2, 0) is 10.0 Å². The molecule has 0 spiro atoms. The molecule has 0 aliphatic carbocycles. The van der Waals surface area contributed by atoms with Crippen molar-refractivity contribution in [2.75, 3.05) is 18.4 Å². The zero-order valence-electron chi connectivity index (χ0n) is 17.6. The molecule has 170 valence electrons. The lowest BCUT2D eigenvalue weighted by Crippen LogP contribution is -2.23. The molecule has 1 fully saturated rings. The highest BCUT2D eigenvalue weighted by Gasteiger charge is 2.25. The molecular formula is C22H20ClFN6O2S. The summed E-state index contributed by atoms with van der Waals surface area (Å²) in [5, 5.41) is 7.07. The van der Waals surface area contributed by atoms with Gasteiger partial charge in [0.25, 0.3) is 10.0 Å². The molecule has 4 aromatic rings. The number of nitrogens with one attached hydrogen (secondary N) is 2. The maximum atomic E-state index is 14.4. The van der Waals surface area contributed by atoms with Gasteiger partial charge < -0.3 is 10.6 Å². The van der Waals surface area contributed by atoms with E-state index in [2.05, 4.69) is 25.6 Å². The second kappa shape index (κ2) is 8.36. The van der Waals surface area contributed by atoms with Gasteiger partial charge in [0, 0.05) is 35.9 Å². The lowest BCUT2D eigenvalue weighted by molar-refractivity contribution is 0.588. The topological polar surface area (TPSA) is 102 Å². The lowest BCUT2D eigenvalue weighted by atomic mass is 10.2. The van der Waals surface area contributed by atoms with E-state index in [4.69, 9.17) is 11.6 Å². The maximum Gasteiger partial charge on any atom is 0.269 e. The Morgan fingerprint density at radius 2 is 2.00 bits per heavy atom. The van der Waals surface area contributed by atoms with Gasteiger partial charge in [0.05, 0.1) is 16.1 Å². The number of halogens is 2. The van der Waals surface area contributed by atoms with Gasteiger partial charge in [-0.1, -0.05) is 29.3 Å². The van der Waals surface area contributed by atoms with Crippen molar-refractivity contribution in [1.82, 2.24) is 24.2 Å². The zero-order valence-corrected chi connectivity index (χ0v) is 19.2. The third-order valence-electron chi connectivity index (χ3n) is 5.54. The Labute approximate surface area is 194 Å². The van der Waals surface area contributed by atoms with E-state index < -0.39 is 15.8 Å². The summed E-state index contributed by atoms with van der Waals surface area (Å²) in [7, 11) is -3.96. The Morgan fingerprint density at radius 3 is 2.73 bits per heavy atom. The number of nitrogens with zero attached hydrogens (tertiary/aromatic N) is 4. The third kappa shape index (κ3) is 4.05. The fourth-order valence-corrected chi connectivity index (χ4v) is 5.29. The first-order valence-corrected chi connectivity index (χ1v) is 12.1. The normalized spacial score (nSPS) is 16.4. The van der Waals surface area contributed by atoms with Crippen LogP contribution in [0.15, 0.2) is 53.8 Å². The van der Waals surface area contributed by atoms with Crippen LogP contribution in [0.4, 0.5) is 10.2 Å². The third-order valence-corrected chi connectivity index (χ3v) is 7.41. The fourth-order valence-electron chi connectivity index (χ4n) is 3.81. The van der Waals surface area contributed by atoms with Gasteiger partial charge in [-0.3, -0.25) is 0 Å². The van der Waals surface area contributed by atoms with Crippen molar-refractivity contribution in [3.8, 4) is 11.4 Å². The van der Waals surface area contributed by atoms with E-state index >= 15 is 0 Å². The molecule has 0 amide bonds. The summed E-state index contributed by atoms with van der Waals surface area (Å²) in [6.07, 6.45) is 4.69. The predicted octanol–water partition coefficient (Wildman–Crippen LogP) is 3.61. The summed E-state index contributed by atoms with van der Waals surface area (Å²) in [6, 6.07) is 8.17. The molecular weight excluding hydrogens is 467 g/mol. The van der Waals surface area contributed by atoms with Crippen LogP contribution in [0.2, 0.25) is 5.02 Å². The van der Waals surface area contributed by atoms with Crippen molar-refractivity contribution >= 4 is 38.5 Å². The Bertz CT molecular complexity index is 1450. The van der Waals surface area contributed by atoms with Crippen molar-refractivity contribution in [3.05, 3.63) is 65.3 Å². The number of benzene rings is 1. The van der Waals surface area contributed by atoms with Gasteiger partial charge in [0.1, 0.15) is 0 Å². The minimum Gasteiger partial charge on any atom is -0.363 e. The molecule has 0 radical (unpaired) electrons. The molecule has 5 rings (SSSR count). The molecule has 8 nitrogen and oxygen atoms in total. The zero-order chi connectivity index (χ0) is 23.2. The van der Waals surface area contributed by atoms with Gasteiger partial charge in [-0.05, 0) is 38.1 Å². The van der Waals surface area contributed by atoms with Crippen LogP contribution >= 0.6 is 11.6 Å². The Kier molecular flexibility index (Phi) is 5.51. The lowest BCUT2D eigenvalue weighted by Gasteiger charge is -2.13. The number of hydrogen-bond acceptors (Lipinski definition) is 7. The number of pyridine rings is 1. The summed E-state index contributed by atoms with van der Waals surface area (Å²) >= 11 is 6.16. The Morgan fingerprint density at radius 1 is 1.21 bits per heavy atom. The minimum atomic E-state index is -3.96. The average Bonchev–Trinajstić information content (AvgIpc) is 3.43. The van der Waals surface area contributed by atoms with Crippen molar-refractivity contribution in [2.45, 2.75) is 24.3 Å². The van der Waals surface area contributed by atoms with Crippen LogP contribution in [0.5, 0.6) is 0 Å². The van der Waals surface area contributed by atoms with E-state index in [9.17, 15) is 12.8 Å². The highest BCUT2D eigenvalue weighted by atomic mass is 35.5. The minimum absolute atomic E-state index is 0.0432. The monoisotopic (exact) mass is 486 g/mol.